The van der Waals surface area contributed by atoms with Gasteiger partial charge in [-0.1, -0.05) is 24.5 Å². The van der Waals surface area contributed by atoms with Crippen molar-refractivity contribution in [2.24, 2.45) is 11.5 Å². The Morgan fingerprint density at radius 1 is 0.822 bits per heavy atom. The molecule has 9 N–H and O–H groups in total. The molecule has 242 valence electrons. The first-order valence-corrected chi connectivity index (χ1v) is 18.5. The highest BCUT2D eigenvalue weighted by molar-refractivity contribution is 8.44. The third-order valence-corrected chi connectivity index (χ3v) is 10.7. The fraction of sp³-hybridized carbons (Fsp3) is 0.500. The zero-order chi connectivity index (χ0) is 31.8. The Labute approximate surface area is 262 Å². The molecule has 0 radical (unpaired) electrons. The number of anilines is 2. The predicted octanol–water partition coefficient (Wildman–Crippen LogP) is -0.534. The van der Waals surface area contributed by atoms with Crippen molar-refractivity contribution in [3.63, 3.8) is 0 Å². The van der Waals surface area contributed by atoms with Gasteiger partial charge in [-0.25, -0.2) is 29.1 Å². The molecule has 3 saturated heterocycles. The minimum absolute atomic E-state index is 0.0275. The lowest BCUT2D eigenvalue weighted by molar-refractivity contribution is -0.0537. The van der Waals surface area contributed by atoms with E-state index >= 15 is 0 Å². The number of rotatable bonds is 2. The lowest BCUT2D eigenvalue weighted by Gasteiger charge is -2.29. The molecule has 10 atom stereocenters. The Hall–Kier alpha value is -2.66. The Morgan fingerprint density at radius 2 is 1.36 bits per heavy atom. The van der Waals surface area contributed by atoms with Gasteiger partial charge in [0.25, 0.3) is 5.56 Å². The van der Waals surface area contributed by atoms with Crippen LogP contribution in [0.4, 0.5) is 11.8 Å². The number of nitrogen functional groups attached to an aromatic ring is 2. The fourth-order valence-corrected chi connectivity index (χ4v) is 8.46. The first kappa shape index (κ1) is 31.0. The number of hydrogen-bond acceptors (Lipinski definition) is 18. The molecule has 0 bridgehead atoms. The number of nitrogens with two attached hydrogens (primary N) is 4. The Kier molecular flexibility index (Phi) is 7.74. The van der Waals surface area contributed by atoms with Crippen molar-refractivity contribution in [1.82, 2.24) is 39.0 Å². The summed E-state index contributed by atoms with van der Waals surface area (Å²) >= 11 is 8.29. The number of imidazole rings is 2. The summed E-state index contributed by atoms with van der Waals surface area (Å²) in [5.41, 5.74) is 24.7. The first-order valence-electron chi connectivity index (χ1n) is 13.1. The topological polar surface area (TPSA) is 301 Å². The van der Waals surface area contributed by atoms with E-state index in [4.69, 9.17) is 50.5 Å². The summed E-state index contributed by atoms with van der Waals surface area (Å²) in [6, 6.07) is -2.09. The molecule has 25 heteroatoms. The first-order chi connectivity index (χ1) is 21.3. The van der Waals surface area contributed by atoms with E-state index in [9.17, 15) is 13.9 Å². The number of thiol groups is 2. The molecular weight excluding hydrogens is 678 g/mol. The Bertz CT molecular complexity index is 1940. The van der Waals surface area contributed by atoms with Crippen molar-refractivity contribution < 1.29 is 36.7 Å². The van der Waals surface area contributed by atoms with Crippen LogP contribution in [-0.2, 0) is 36.7 Å². The van der Waals surface area contributed by atoms with E-state index in [-0.39, 0.29) is 22.9 Å². The molecule has 0 aliphatic carbocycles. The van der Waals surface area contributed by atoms with Crippen LogP contribution in [0, 0.1) is 0 Å². The van der Waals surface area contributed by atoms with Crippen LogP contribution in [0.5, 0.6) is 0 Å². The van der Waals surface area contributed by atoms with Gasteiger partial charge < -0.3 is 32.4 Å². The van der Waals surface area contributed by atoms with E-state index in [2.05, 4.69) is 54.4 Å². The quantitative estimate of drug-likeness (QED) is 0.102. The molecule has 21 nitrogen and oxygen atoms in total. The summed E-state index contributed by atoms with van der Waals surface area (Å²) in [5.74, 6) is -0.0264. The maximum atomic E-state index is 13.5. The molecule has 0 aromatic carbocycles. The predicted molar refractivity (Wildman–Crippen MR) is 161 cm³/mol. The number of ether oxygens (including phenoxy) is 2. The summed E-state index contributed by atoms with van der Waals surface area (Å²) in [7, 11) is 0. The summed E-state index contributed by atoms with van der Waals surface area (Å²) in [4.78, 5) is 35.2. The maximum absolute atomic E-state index is 13.5. The van der Waals surface area contributed by atoms with Gasteiger partial charge in [0.15, 0.2) is 35.1 Å². The molecule has 4 aromatic heterocycles. The number of hydrogen-bond donors (Lipinski definition) is 7. The van der Waals surface area contributed by atoms with Gasteiger partial charge >= 0.3 is 13.6 Å². The van der Waals surface area contributed by atoms with Crippen LogP contribution < -0.4 is 28.5 Å². The van der Waals surface area contributed by atoms with Gasteiger partial charge in [0.1, 0.15) is 36.3 Å². The van der Waals surface area contributed by atoms with Gasteiger partial charge in [0.2, 0.25) is 5.95 Å². The van der Waals surface area contributed by atoms with Crippen LogP contribution in [-0.4, -0.2) is 88.8 Å². The van der Waals surface area contributed by atoms with Gasteiger partial charge in [-0.15, -0.1) is 0 Å². The average molecular weight is 705 g/mol. The van der Waals surface area contributed by atoms with Crippen LogP contribution in [0.1, 0.15) is 12.5 Å². The van der Waals surface area contributed by atoms with Gasteiger partial charge in [-0.2, -0.15) is 4.98 Å². The molecule has 4 aromatic rings. The van der Waals surface area contributed by atoms with Crippen LogP contribution in [0.25, 0.3) is 22.3 Å². The minimum Gasteiger partial charge on any atom is -0.382 e. The average Bonchev–Trinajstić information content (AvgIpc) is 3.72. The van der Waals surface area contributed by atoms with E-state index in [1.165, 1.54) is 28.1 Å². The minimum atomic E-state index is -4.20. The van der Waals surface area contributed by atoms with Crippen molar-refractivity contribution in [2.45, 2.75) is 49.0 Å². The van der Waals surface area contributed by atoms with Crippen molar-refractivity contribution >= 4 is 72.2 Å². The molecule has 7 rings (SSSR count). The third-order valence-electron chi connectivity index (χ3n) is 7.48. The van der Waals surface area contributed by atoms with Crippen molar-refractivity contribution in [3.05, 3.63) is 29.3 Å². The van der Waals surface area contributed by atoms with Crippen molar-refractivity contribution in [1.29, 1.82) is 0 Å². The van der Waals surface area contributed by atoms with Crippen LogP contribution in [0.2, 0.25) is 0 Å². The van der Waals surface area contributed by atoms with E-state index in [1.807, 2.05) is 0 Å². The monoisotopic (exact) mass is 704 g/mol. The van der Waals surface area contributed by atoms with Gasteiger partial charge in [-0.05, 0) is 0 Å². The van der Waals surface area contributed by atoms with E-state index in [0.717, 1.165) is 0 Å². The number of fused-ring (bicyclic) bond motifs is 4. The second-order valence-electron chi connectivity index (χ2n) is 10.3. The maximum Gasteiger partial charge on any atom is 0.386 e. The van der Waals surface area contributed by atoms with Gasteiger partial charge in [-0.3, -0.25) is 37.0 Å². The number of nitrogens with one attached hydrogen (secondary N) is 1. The molecule has 7 heterocycles. The number of nitrogens with zero attached hydrogens (tertiary/aromatic N) is 7. The van der Waals surface area contributed by atoms with Crippen LogP contribution in [0.3, 0.4) is 0 Å². The molecule has 4 unspecified atom stereocenters. The smallest absolute Gasteiger partial charge is 0.382 e. The van der Waals surface area contributed by atoms with Crippen molar-refractivity contribution in [2.75, 3.05) is 24.7 Å². The SMILES string of the molecule is Nc1nc2c(ncn2[C@@H]2O[C@@H]3COP(=O)(S)OC4C(N)[C@H](n5cnc6c(N)ncnc65)O[C@@H]4COP(=O)(S)O[C@@H]3[C@@H]2N)c(=O)[nH]1. The summed E-state index contributed by atoms with van der Waals surface area (Å²) < 4.78 is 64.8. The highest BCUT2D eigenvalue weighted by atomic mass is 32.7. The lowest BCUT2D eigenvalue weighted by atomic mass is 10.1. The van der Waals surface area contributed by atoms with Gasteiger partial charge in [0, 0.05) is 0 Å². The zero-order valence-electron chi connectivity index (χ0n) is 22.7. The van der Waals surface area contributed by atoms with Gasteiger partial charge in [0.05, 0.1) is 38.0 Å². The summed E-state index contributed by atoms with van der Waals surface area (Å²) in [6.07, 6.45) is -2.69. The second-order valence-corrected chi connectivity index (χ2v) is 16.1. The third kappa shape index (κ3) is 5.55. The van der Waals surface area contributed by atoms with E-state index in [0.29, 0.717) is 11.2 Å². The number of aromatic nitrogens is 8. The molecule has 0 spiro atoms. The normalized spacial score (nSPS) is 37.7. The highest BCUT2D eigenvalue weighted by Crippen LogP contribution is 2.60. The Morgan fingerprint density at radius 3 is 1.93 bits per heavy atom. The summed E-state index contributed by atoms with van der Waals surface area (Å²) in [6.45, 7) is -9.29. The summed E-state index contributed by atoms with van der Waals surface area (Å²) in [5, 5.41) is 0. The van der Waals surface area contributed by atoms with Crippen molar-refractivity contribution in [3.8, 4) is 0 Å². The molecule has 3 aliphatic rings. The molecule has 45 heavy (non-hydrogen) atoms. The largest absolute Gasteiger partial charge is 0.386 e. The number of aromatic amines is 1. The molecule has 0 saturated carbocycles. The number of H-pyrrole nitrogens is 1. The zero-order valence-corrected chi connectivity index (χ0v) is 26.2. The molecular formula is C20H26N12O9P2S2. The highest BCUT2D eigenvalue weighted by Gasteiger charge is 2.52. The standard InChI is InChI=1S/C20H26N12O9P2S2/c21-8-12-6(38-18(8)31-4-27-10-14(23)25-3-26-15(10)31)1-36-43(35,45)41-13-7(2-37-42(34,44)40-12)39-19(9(13)22)32-5-28-11-16(32)29-20(24)30-17(11)33/h3-9,12-13,18-19H,1-2,21-22H2,(H,34,44)(H,35,45)(H2,23,25,26)(H3,24,29,30,33)/t6-,7-,8?,9+,12?,13+,18-,19-,42?,43?/m1/s1. The second kappa shape index (κ2) is 11.2. The lowest BCUT2D eigenvalue weighted by Crippen LogP contribution is -2.43. The molecule has 0 amide bonds. The Balaban J connectivity index is 1.17. The van der Waals surface area contributed by atoms with Crippen LogP contribution in [0.15, 0.2) is 23.8 Å². The van der Waals surface area contributed by atoms with Crippen LogP contribution >= 0.6 is 38.1 Å². The molecule has 3 fully saturated rings. The molecule has 3 aliphatic heterocycles. The van der Waals surface area contributed by atoms with E-state index in [1.54, 1.807) is 0 Å². The van der Waals surface area contributed by atoms with E-state index < -0.39 is 81.3 Å². The fourth-order valence-electron chi connectivity index (χ4n) is 5.45.